The Morgan fingerprint density at radius 3 is 2.75 bits per heavy atom. The minimum Gasteiger partial charge on any atom is -0.253 e. The molecule has 104 valence electrons. The molecule has 2 rings (SSSR count). The molecule has 0 unspecified atom stereocenters. The zero-order chi connectivity index (χ0) is 14.8. The SMILES string of the molecule is CC(C)c1nsc(NS(=O)(=O)c2cccc(C#N)c2)n1. The molecule has 6 nitrogen and oxygen atoms in total. The number of anilines is 1. The summed E-state index contributed by atoms with van der Waals surface area (Å²) in [5.41, 5.74) is 0.285. The lowest BCUT2D eigenvalue weighted by Crippen LogP contribution is -2.13. The molecule has 1 aromatic carbocycles. The summed E-state index contributed by atoms with van der Waals surface area (Å²) < 4.78 is 30.8. The van der Waals surface area contributed by atoms with E-state index in [2.05, 4.69) is 14.1 Å². The number of sulfonamides is 1. The average molecular weight is 308 g/mol. The van der Waals surface area contributed by atoms with Gasteiger partial charge in [-0.2, -0.15) is 9.64 Å². The van der Waals surface area contributed by atoms with Crippen LogP contribution in [0.1, 0.15) is 31.2 Å². The van der Waals surface area contributed by atoms with Gasteiger partial charge in [0.2, 0.25) is 5.13 Å². The second kappa shape index (κ2) is 5.56. The van der Waals surface area contributed by atoms with Gasteiger partial charge in [0.05, 0.1) is 16.5 Å². The van der Waals surface area contributed by atoms with Crippen molar-refractivity contribution >= 4 is 26.7 Å². The van der Waals surface area contributed by atoms with Gasteiger partial charge in [-0.1, -0.05) is 19.9 Å². The van der Waals surface area contributed by atoms with Gasteiger partial charge >= 0.3 is 0 Å². The number of nitrogens with zero attached hydrogens (tertiary/aromatic N) is 3. The van der Waals surface area contributed by atoms with Gasteiger partial charge < -0.3 is 0 Å². The molecule has 0 aliphatic rings. The lowest BCUT2D eigenvalue weighted by atomic mass is 10.2. The van der Waals surface area contributed by atoms with E-state index in [1.54, 1.807) is 6.07 Å². The third-order valence-corrected chi connectivity index (χ3v) is 4.56. The molecule has 8 heteroatoms. The maximum Gasteiger partial charge on any atom is 0.263 e. The molecule has 0 spiro atoms. The molecule has 0 saturated carbocycles. The largest absolute Gasteiger partial charge is 0.263 e. The average Bonchev–Trinajstić information content (AvgIpc) is 2.87. The molecule has 20 heavy (non-hydrogen) atoms. The quantitative estimate of drug-likeness (QED) is 0.935. The minimum absolute atomic E-state index is 0.0258. The summed E-state index contributed by atoms with van der Waals surface area (Å²) in [6, 6.07) is 7.70. The molecule has 0 aliphatic carbocycles. The van der Waals surface area contributed by atoms with Crippen LogP contribution in [-0.4, -0.2) is 17.8 Å². The third kappa shape index (κ3) is 3.12. The van der Waals surface area contributed by atoms with E-state index in [4.69, 9.17) is 5.26 Å². The zero-order valence-electron chi connectivity index (χ0n) is 10.9. The molecule has 0 fully saturated rings. The summed E-state index contributed by atoms with van der Waals surface area (Å²) in [6.45, 7) is 3.85. The molecular weight excluding hydrogens is 296 g/mol. The Morgan fingerprint density at radius 2 is 2.15 bits per heavy atom. The van der Waals surface area contributed by atoms with Crippen molar-refractivity contribution < 1.29 is 8.42 Å². The third-order valence-electron chi connectivity index (χ3n) is 2.45. The van der Waals surface area contributed by atoms with Crippen molar-refractivity contribution in [1.82, 2.24) is 9.36 Å². The van der Waals surface area contributed by atoms with Crippen LogP contribution in [0.3, 0.4) is 0 Å². The highest BCUT2D eigenvalue weighted by Crippen LogP contribution is 2.21. The fraction of sp³-hybridized carbons (Fsp3) is 0.250. The Kier molecular flexibility index (Phi) is 4.01. The van der Waals surface area contributed by atoms with Crippen molar-refractivity contribution in [2.75, 3.05) is 4.72 Å². The fourth-order valence-electron chi connectivity index (χ4n) is 1.42. The van der Waals surface area contributed by atoms with Gasteiger partial charge in [-0.3, -0.25) is 4.72 Å². The number of nitrogens with one attached hydrogen (secondary N) is 1. The molecule has 0 atom stereocenters. The van der Waals surface area contributed by atoms with Crippen molar-refractivity contribution in [2.45, 2.75) is 24.7 Å². The van der Waals surface area contributed by atoms with Gasteiger partial charge in [-0.25, -0.2) is 13.4 Å². The van der Waals surface area contributed by atoms with Gasteiger partial charge in [0.15, 0.2) is 0 Å². The second-order valence-corrected chi connectivity index (χ2v) is 6.79. The highest BCUT2D eigenvalue weighted by Gasteiger charge is 2.17. The van der Waals surface area contributed by atoms with Gasteiger partial charge in [0.25, 0.3) is 10.0 Å². The number of rotatable bonds is 4. The van der Waals surface area contributed by atoms with Crippen molar-refractivity contribution in [2.24, 2.45) is 0 Å². The lowest BCUT2D eigenvalue weighted by molar-refractivity contribution is 0.601. The predicted molar refractivity (Wildman–Crippen MR) is 76.0 cm³/mol. The number of nitriles is 1. The Hall–Kier alpha value is -1.98. The highest BCUT2D eigenvalue weighted by molar-refractivity contribution is 7.93. The van der Waals surface area contributed by atoms with E-state index >= 15 is 0 Å². The van der Waals surface area contributed by atoms with Crippen molar-refractivity contribution in [3.63, 3.8) is 0 Å². The first-order valence-electron chi connectivity index (χ1n) is 5.79. The smallest absolute Gasteiger partial charge is 0.253 e. The Labute approximate surface area is 121 Å². The van der Waals surface area contributed by atoms with Gasteiger partial charge in [0, 0.05) is 17.5 Å². The summed E-state index contributed by atoms with van der Waals surface area (Å²) in [6.07, 6.45) is 0. The number of hydrogen-bond acceptors (Lipinski definition) is 6. The molecule has 0 saturated heterocycles. The van der Waals surface area contributed by atoms with E-state index < -0.39 is 10.0 Å². The summed E-state index contributed by atoms with van der Waals surface area (Å²) in [4.78, 5) is 4.14. The van der Waals surface area contributed by atoms with Crippen molar-refractivity contribution in [1.29, 1.82) is 5.26 Å². The lowest BCUT2D eigenvalue weighted by Gasteiger charge is -2.04. The maximum atomic E-state index is 12.2. The van der Waals surface area contributed by atoms with E-state index in [-0.39, 0.29) is 21.5 Å². The topological polar surface area (TPSA) is 95.7 Å². The Morgan fingerprint density at radius 1 is 1.40 bits per heavy atom. The van der Waals surface area contributed by atoms with E-state index in [0.717, 1.165) is 11.5 Å². The maximum absolute atomic E-state index is 12.2. The van der Waals surface area contributed by atoms with E-state index in [9.17, 15) is 8.42 Å². The molecule has 0 radical (unpaired) electrons. The molecule has 1 heterocycles. The van der Waals surface area contributed by atoms with Crippen LogP contribution in [0.25, 0.3) is 0 Å². The summed E-state index contributed by atoms with van der Waals surface area (Å²) >= 11 is 0.993. The molecule has 0 aliphatic heterocycles. The Balaban J connectivity index is 2.28. The van der Waals surface area contributed by atoms with Crippen LogP contribution in [0.15, 0.2) is 29.2 Å². The monoisotopic (exact) mass is 308 g/mol. The van der Waals surface area contributed by atoms with E-state index in [0.29, 0.717) is 5.82 Å². The summed E-state index contributed by atoms with van der Waals surface area (Å²) in [5.74, 6) is 0.727. The summed E-state index contributed by atoms with van der Waals surface area (Å²) in [5, 5.41) is 9.01. The van der Waals surface area contributed by atoms with E-state index in [1.165, 1.54) is 18.2 Å². The van der Waals surface area contributed by atoms with Gasteiger partial charge in [-0.05, 0) is 18.2 Å². The van der Waals surface area contributed by atoms with Gasteiger partial charge in [0.1, 0.15) is 5.82 Å². The molecule has 1 N–H and O–H groups in total. The highest BCUT2D eigenvalue weighted by atomic mass is 32.2. The number of aromatic nitrogens is 2. The standard InChI is InChI=1S/C12H12N4O2S2/c1-8(2)11-14-12(19-15-11)16-20(17,18)10-5-3-4-9(6-10)7-13/h3-6,8H,1-2H3,(H,14,15,16). The van der Waals surface area contributed by atoms with Crippen LogP contribution < -0.4 is 4.72 Å². The first-order valence-corrected chi connectivity index (χ1v) is 8.04. The van der Waals surface area contributed by atoms with Crippen LogP contribution in [0, 0.1) is 11.3 Å². The molecular formula is C12H12N4O2S2. The fourth-order valence-corrected chi connectivity index (χ4v) is 3.39. The second-order valence-electron chi connectivity index (χ2n) is 4.36. The molecule has 0 amide bonds. The van der Waals surface area contributed by atoms with Crippen LogP contribution in [-0.2, 0) is 10.0 Å². The van der Waals surface area contributed by atoms with Crippen LogP contribution in [0.4, 0.5) is 5.13 Å². The molecule has 0 bridgehead atoms. The van der Waals surface area contributed by atoms with Crippen LogP contribution in [0.5, 0.6) is 0 Å². The van der Waals surface area contributed by atoms with Crippen molar-refractivity contribution in [3.05, 3.63) is 35.7 Å². The van der Waals surface area contributed by atoms with Gasteiger partial charge in [-0.15, -0.1) is 0 Å². The first-order chi connectivity index (χ1) is 9.42. The van der Waals surface area contributed by atoms with E-state index in [1.807, 2.05) is 19.9 Å². The molecule has 2 aromatic rings. The number of hydrogen-bond donors (Lipinski definition) is 1. The molecule has 1 aromatic heterocycles. The Bertz CT molecular complexity index is 760. The van der Waals surface area contributed by atoms with Crippen LogP contribution in [0.2, 0.25) is 0 Å². The summed E-state index contributed by atoms with van der Waals surface area (Å²) in [7, 11) is -3.75. The minimum atomic E-state index is -3.75. The first kappa shape index (κ1) is 14.4. The number of benzene rings is 1. The van der Waals surface area contributed by atoms with Crippen LogP contribution >= 0.6 is 11.5 Å². The predicted octanol–water partition coefficient (Wildman–Crippen LogP) is 2.33. The zero-order valence-corrected chi connectivity index (χ0v) is 12.5. The van der Waals surface area contributed by atoms with Crippen molar-refractivity contribution in [3.8, 4) is 6.07 Å². The normalized spacial score (nSPS) is 11.3.